The van der Waals surface area contributed by atoms with Crippen molar-refractivity contribution in [3.63, 3.8) is 0 Å². The predicted molar refractivity (Wildman–Crippen MR) is 134 cm³/mol. The maximum absolute atomic E-state index is 13.9. The predicted octanol–water partition coefficient (Wildman–Crippen LogP) is 5.38. The maximum Gasteiger partial charge on any atom is 0.243 e. The summed E-state index contributed by atoms with van der Waals surface area (Å²) in [6, 6.07) is 25.9. The molecule has 2 aliphatic heterocycles. The van der Waals surface area contributed by atoms with E-state index < -0.39 is 12.0 Å². The molecule has 1 fully saturated rings. The van der Waals surface area contributed by atoms with Gasteiger partial charge in [-0.25, -0.2) is 0 Å². The molecule has 34 heavy (non-hydrogen) atoms. The second-order valence-corrected chi connectivity index (χ2v) is 9.08. The van der Waals surface area contributed by atoms with E-state index in [4.69, 9.17) is 11.6 Å². The Morgan fingerprint density at radius 2 is 1.53 bits per heavy atom. The normalized spacial score (nSPS) is 22.9. The summed E-state index contributed by atoms with van der Waals surface area (Å²) in [4.78, 5) is 29.6. The average Bonchev–Trinajstić information content (AvgIpc) is 3.23. The Balaban J connectivity index is 1.54. The lowest BCUT2D eigenvalue weighted by Crippen LogP contribution is -2.45. The van der Waals surface area contributed by atoms with E-state index in [1.54, 1.807) is 0 Å². The first kappa shape index (κ1) is 22.2. The van der Waals surface area contributed by atoms with E-state index in [0.29, 0.717) is 17.1 Å². The molecule has 0 radical (unpaired) electrons. The van der Waals surface area contributed by atoms with Gasteiger partial charge in [-0.1, -0.05) is 96.5 Å². The zero-order valence-electron chi connectivity index (χ0n) is 18.6. The highest BCUT2D eigenvalue weighted by Crippen LogP contribution is 2.46. The van der Waals surface area contributed by atoms with E-state index in [9.17, 15) is 9.59 Å². The van der Waals surface area contributed by atoms with Crippen molar-refractivity contribution in [2.75, 3.05) is 0 Å². The highest BCUT2D eigenvalue weighted by molar-refractivity contribution is 6.30. The lowest BCUT2D eigenvalue weighted by Gasteiger charge is -2.30. The van der Waals surface area contributed by atoms with Gasteiger partial charge in [-0.15, -0.1) is 0 Å². The summed E-state index contributed by atoms with van der Waals surface area (Å²) in [5, 5.41) is 3.73. The van der Waals surface area contributed by atoms with Gasteiger partial charge in [0.25, 0.3) is 0 Å². The molecule has 0 saturated carbocycles. The first-order valence-electron chi connectivity index (χ1n) is 11.4. The van der Waals surface area contributed by atoms with Crippen molar-refractivity contribution in [3.05, 3.63) is 131 Å². The zero-order chi connectivity index (χ0) is 23.5. The summed E-state index contributed by atoms with van der Waals surface area (Å²) in [6.45, 7) is 0.429. The first-order chi connectivity index (χ1) is 16.6. The Morgan fingerprint density at radius 1 is 0.853 bits per heavy atom. The molecule has 2 aliphatic rings. The van der Waals surface area contributed by atoms with E-state index >= 15 is 0 Å². The number of hydrogen-bond acceptors (Lipinski definition) is 3. The van der Waals surface area contributed by atoms with Gasteiger partial charge in [-0.3, -0.25) is 9.59 Å². The minimum Gasteiger partial charge on any atom is -0.358 e. The monoisotopic (exact) mass is 468 g/mol. The smallest absolute Gasteiger partial charge is 0.243 e. The van der Waals surface area contributed by atoms with Crippen LogP contribution in [0.15, 0.2) is 109 Å². The van der Waals surface area contributed by atoms with Gasteiger partial charge in [0.05, 0.1) is 12.0 Å². The van der Waals surface area contributed by atoms with Gasteiger partial charge in [-0.2, -0.15) is 0 Å². The molecule has 4 atom stereocenters. The quantitative estimate of drug-likeness (QED) is 0.494. The largest absolute Gasteiger partial charge is 0.358 e. The van der Waals surface area contributed by atoms with Gasteiger partial charge >= 0.3 is 0 Å². The van der Waals surface area contributed by atoms with E-state index in [0.717, 1.165) is 11.1 Å². The number of amides is 1. The van der Waals surface area contributed by atoms with Crippen LogP contribution in [0.5, 0.6) is 0 Å². The molecule has 3 aromatic carbocycles. The average molecular weight is 469 g/mol. The van der Waals surface area contributed by atoms with Crippen molar-refractivity contribution < 1.29 is 9.59 Å². The van der Waals surface area contributed by atoms with Gasteiger partial charge < -0.3 is 10.2 Å². The van der Waals surface area contributed by atoms with Crippen molar-refractivity contribution in [1.29, 1.82) is 0 Å². The summed E-state index contributed by atoms with van der Waals surface area (Å²) < 4.78 is 0. The number of carbonyl (C=O) groups is 2. The van der Waals surface area contributed by atoms with Crippen molar-refractivity contribution in [3.8, 4) is 0 Å². The molecule has 0 aliphatic carbocycles. The van der Waals surface area contributed by atoms with Crippen LogP contribution in [0.1, 0.15) is 27.4 Å². The van der Waals surface area contributed by atoms with Gasteiger partial charge in [0, 0.05) is 29.2 Å². The third-order valence-corrected chi connectivity index (χ3v) is 6.88. The molecule has 1 saturated heterocycles. The van der Waals surface area contributed by atoms with Gasteiger partial charge in [0.15, 0.2) is 5.78 Å². The summed E-state index contributed by atoms with van der Waals surface area (Å²) in [5.41, 5.74) is 2.61. The van der Waals surface area contributed by atoms with E-state index in [-0.39, 0.29) is 23.7 Å². The standard InChI is InChI=1S/C29H25ClN2O2/c30-23-16-14-21(15-17-23)25-26(28(33)22-11-5-2-6-12-22)24-13-7-8-18-32(24)27(25)29(34)31-19-20-9-3-1-4-10-20/h1-18,24-27H,19H2,(H,31,34). The molecular formula is C29H25ClN2O2. The maximum atomic E-state index is 13.9. The fraction of sp³-hybridized carbons (Fsp3) is 0.172. The summed E-state index contributed by atoms with van der Waals surface area (Å²) in [5.74, 6) is -0.818. The van der Waals surface area contributed by atoms with Crippen LogP contribution in [0.2, 0.25) is 5.02 Å². The Kier molecular flexibility index (Phi) is 6.33. The molecule has 4 nitrogen and oxygen atoms in total. The van der Waals surface area contributed by atoms with Crippen LogP contribution < -0.4 is 5.32 Å². The second-order valence-electron chi connectivity index (χ2n) is 8.65. The van der Waals surface area contributed by atoms with Crippen LogP contribution >= 0.6 is 11.6 Å². The first-order valence-corrected chi connectivity index (χ1v) is 11.8. The highest BCUT2D eigenvalue weighted by Gasteiger charge is 2.53. The Labute approximate surface area is 204 Å². The van der Waals surface area contributed by atoms with Crippen LogP contribution in [0.4, 0.5) is 0 Å². The summed E-state index contributed by atoms with van der Waals surface area (Å²) in [7, 11) is 0. The zero-order valence-corrected chi connectivity index (χ0v) is 19.3. The van der Waals surface area contributed by atoms with Crippen molar-refractivity contribution in [2.45, 2.75) is 24.5 Å². The van der Waals surface area contributed by atoms with Crippen LogP contribution in [-0.4, -0.2) is 28.7 Å². The number of hydrogen-bond donors (Lipinski definition) is 1. The van der Waals surface area contributed by atoms with Crippen molar-refractivity contribution in [1.82, 2.24) is 10.2 Å². The molecule has 170 valence electrons. The minimum absolute atomic E-state index is 0.0360. The van der Waals surface area contributed by atoms with Crippen LogP contribution in [0.3, 0.4) is 0 Å². The molecule has 0 aromatic heterocycles. The number of halogens is 1. The molecule has 0 spiro atoms. The van der Waals surface area contributed by atoms with Gasteiger partial charge in [0.1, 0.15) is 6.04 Å². The number of nitrogens with one attached hydrogen (secondary N) is 1. The minimum atomic E-state index is -0.534. The third-order valence-electron chi connectivity index (χ3n) is 6.63. The number of nitrogens with zero attached hydrogens (tertiary/aromatic N) is 1. The van der Waals surface area contributed by atoms with Gasteiger partial charge in [-0.05, 0) is 29.3 Å². The lowest BCUT2D eigenvalue weighted by molar-refractivity contribution is -0.125. The lowest BCUT2D eigenvalue weighted by atomic mass is 9.77. The molecule has 5 heteroatoms. The fourth-order valence-corrected chi connectivity index (χ4v) is 5.21. The number of benzene rings is 3. The van der Waals surface area contributed by atoms with Crippen molar-refractivity contribution >= 4 is 23.3 Å². The van der Waals surface area contributed by atoms with E-state index in [2.05, 4.69) is 5.32 Å². The molecule has 4 unspecified atom stereocenters. The molecule has 2 heterocycles. The Bertz CT molecular complexity index is 1220. The Morgan fingerprint density at radius 3 is 2.24 bits per heavy atom. The van der Waals surface area contributed by atoms with Crippen LogP contribution in [0, 0.1) is 5.92 Å². The topological polar surface area (TPSA) is 49.4 Å². The van der Waals surface area contributed by atoms with Gasteiger partial charge in [0.2, 0.25) is 5.91 Å². The summed E-state index contributed by atoms with van der Waals surface area (Å²) >= 11 is 6.17. The fourth-order valence-electron chi connectivity index (χ4n) is 5.08. The van der Waals surface area contributed by atoms with E-state index in [1.165, 1.54) is 0 Å². The number of ketones is 1. The number of rotatable bonds is 6. The number of allylic oxidation sites excluding steroid dienone is 2. The molecule has 1 amide bonds. The second kappa shape index (κ2) is 9.70. The SMILES string of the molecule is O=C(c1ccccc1)C1C(c2ccc(Cl)cc2)C(C(=O)NCc2ccccc2)N2C=CC=CC12. The molecule has 3 aromatic rings. The third kappa shape index (κ3) is 4.29. The number of fused-ring (bicyclic) bond motifs is 1. The van der Waals surface area contributed by atoms with E-state index in [1.807, 2.05) is 114 Å². The number of Topliss-reactive ketones (excluding diaryl/α,β-unsaturated/α-hetero) is 1. The van der Waals surface area contributed by atoms with Crippen LogP contribution in [0.25, 0.3) is 0 Å². The molecular weight excluding hydrogens is 444 g/mol. The molecule has 5 rings (SSSR count). The molecule has 1 N–H and O–H groups in total. The molecule has 0 bridgehead atoms. The number of carbonyl (C=O) groups excluding carboxylic acids is 2. The van der Waals surface area contributed by atoms with Crippen LogP contribution in [-0.2, 0) is 11.3 Å². The van der Waals surface area contributed by atoms with Crippen molar-refractivity contribution in [2.24, 2.45) is 5.92 Å². The highest BCUT2D eigenvalue weighted by atomic mass is 35.5. The Hall–Kier alpha value is -3.63. The summed E-state index contributed by atoms with van der Waals surface area (Å²) in [6.07, 6.45) is 7.83.